The maximum absolute atomic E-state index is 11.7. The van der Waals surface area contributed by atoms with Gasteiger partial charge >= 0.3 is 0 Å². The van der Waals surface area contributed by atoms with E-state index in [1.807, 2.05) is 0 Å². The van der Waals surface area contributed by atoms with Crippen LogP contribution >= 0.6 is 0 Å². The van der Waals surface area contributed by atoms with E-state index in [0.717, 1.165) is 25.9 Å². The maximum Gasteiger partial charge on any atom is 0.220 e. The predicted octanol–water partition coefficient (Wildman–Crippen LogP) is 2.32. The molecule has 0 bridgehead atoms. The zero-order valence-corrected chi connectivity index (χ0v) is 11.6. The number of carbonyl (C=O) groups excluding carboxylic acids is 1. The lowest BCUT2D eigenvalue weighted by Gasteiger charge is -2.23. The number of nitrogens with one attached hydrogen (secondary N) is 2. The molecule has 0 saturated carbocycles. The molecule has 1 amide bonds. The topological polar surface area (TPSA) is 41.1 Å². The Bertz CT molecular complexity index is 222. The van der Waals surface area contributed by atoms with Gasteiger partial charge in [-0.3, -0.25) is 4.79 Å². The molecule has 3 nitrogen and oxygen atoms in total. The van der Waals surface area contributed by atoms with E-state index in [1.165, 1.54) is 12.8 Å². The lowest BCUT2D eigenvalue weighted by Crippen LogP contribution is -2.35. The summed E-state index contributed by atoms with van der Waals surface area (Å²) < 4.78 is 0. The van der Waals surface area contributed by atoms with Gasteiger partial charge in [0.25, 0.3) is 0 Å². The SMILES string of the molecule is CC(C)CC(C)NC(=O)CCC1CCCNC1. The molecule has 0 spiro atoms. The van der Waals surface area contributed by atoms with Crippen molar-refractivity contribution in [3.63, 3.8) is 0 Å². The molecule has 0 aromatic carbocycles. The van der Waals surface area contributed by atoms with Crippen molar-refractivity contribution < 1.29 is 4.79 Å². The van der Waals surface area contributed by atoms with Gasteiger partial charge in [-0.1, -0.05) is 13.8 Å². The Hall–Kier alpha value is -0.570. The summed E-state index contributed by atoms with van der Waals surface area (Å²) in [6.07, 6.45) is 5.33. The van der Waals surface area contributed by atoms with Gasteiger partial charge in [0.2, 0.25) is 5.91 Å². The van der Waals surface area contributed by atoms with E-state index in [9.17, 15) is 4.79 Å². The Morgan fingerprint density at radius 1 is 1.41 bits per heavy atom. The molecule has 1 aliphatic heterocycles. The highest BCUT2D eigenvalue weighted by atomic mass is 16.1. The number of hydrogen-bond acceptors (Lipinski definition) is 2. The molecule has 100 valence electrons. The van der Waals surface area contributed by atoms with Crippen LogP contribution in [0.15, 0.2) is 0 Å². The van der Waals surface area contributed by atoms with E-state index in [-0.39, 0.29) is 5.91 Å². The molecule has 2 unspecified atom stereocenters. The third kappa shape index (κ3) is 6.67. The number of carbonyl (C=O) groups is 1. The molecule has 0 aliphatic carbocycles. The van der Waals surface area contributed by atoms with Crippen LogP contribution < -0.4 is 10.6 Å². The van der Waals surface area contributed by atoms with Crippen LogP contribution in [0.25, 0.3) is 0 Å². The van der Waals surface area contributed by atoms with E-state index >= 15 is 0 Å². The third-order valence-electron chi connectivity index (χ3n) is 3.41. The number of amides is 1. The lowest BCUT2D eigenvalue weighted by atomic mass is 9.94. The minimum Gasteiger partial charge on any atom is -0.354 e. The summed E-state index contributed by atoms with van der Waals surface area (Å²) in [5.41, 5.74) is 0. The largest absolute Gasteiger partial charge is 0.354 e. The minimum absolute atomic E-state index is 0.226. The predicted molar refractivity (Wildman–Crippen MR) is 71.9 cm³/mol. The molecular weight excluding hydrogens is 212 g/mol. The first-order valence-electron chi connectivity index (χ1n) is 7.08. The smallest absolute Gasteiger partial charge is 0.220 e. The molecule has 2 N–H and O–H groups in total. The number of hydrogen-bond donors (Lipinski definition) is 2. The Kier molecular flexibility index (Phi) is 6.56. The fourth-order valence-electron chi connectivity index (χ4n) is 2.62. The molecule has 0 aromatic rings. The summed E-state index contributed by atoms with van der Waals surface area (Å²) in [5.74, 6) is 1.58. The molecule has 3 heteroatoms. The first-order chi connectivity index (χ1) is 8.08. The molecule has 0 radical (unpaired) electrons. The highest BCUT2D eigenvalue weighted by Gasteiger charge is 2.15. The van der Waals surface area contributed by atoms with Crippen molar-refractivity contribution in [3.05, 3.63) is 0 Å². The van der Waals surface area contributed by atoms with Gasteiger partial charge in [0.1, 0.15) is 0 Å². The van der Waals surface area contributed by atoms with Crippen molar-refractivity contribution >= 4 is 5.91 Å². The van der Waals surface area contributed by atoms with Crippen LogP contribution in [0.4, 0.5) is 0 Å². The lowest BCUT2D eigenvalue weighted by molar-refractivity contribution is -0.122. The fourth-order valence-corrected chi connectivity index (χ4v) is 2.62. The van der Waals surface area contributed by atoms with Gasteiger partial charge in [-0.25, -0.2) is 0 Å². The monoisotopic (exact) mass is 240 g/mol. The van der Waals surface area contributed by atoms with Gasteiger partial charge in [0, 0.05) is 12.5 Å². The average Bonchev–Trinajstić information content (AvgIpc) is 2.26. The third-order valence-corrected chi connectivity index (χ3v) is 3.41. The second-order valence-electron chi connectivity index (χ2n) is 5.85. The second kappa shape index (κ2) is 7.70. The van der Waals surface area contributed by atoms with Gasteiger partial charge in [0.15, 0.2) is 0 Å². The van der Waals surface area contributed by atoms with Crippen LogP contribution in [0.1, 0.15) is 52.9 Å². The van der Waals surface area contributed by atoms with Crippen LogP contribution in [-0.2, 0) is 4.79 Å². The fraction of sp³-hybridized carbons (Fsp3) is 0.929. The van der Waals surface area contributed by atoms with Crippen molar-refractivity contribution in [1.82, 2.24) is 10.6 Å². The molecule has 1 rings (SSSR count). The second-order valence-corrected chi connectivity index (χ2v) is 5.85. The van der Waals surface area contributed by atoms with Gasteiger partial charge in [0.05, 0.1) is 0 Å². The van der Waals surface area contributed by atoms with Gasteiger partial charge < -0.3 is 10.6 Å². The summed E-state index contributed by atoms with van der Waals surface area (Å²) in [7, 11) is 0. The van der Waals surface area contributed by atoms with E-state index in [1.54, 1.807) is 0 Å². The van der Waals surface area contributed by atoms with E-state index in [2.05, 4.69) is 31.4 Å². The highest BCUT2D eigenvalue weighted by Crippen LogP contribution is 2.15. The highest BCUT2D eigenvalue weighted by molar-refractivity contribution is 5.76. The molecule has 0 aromatic heterocycles. The van der Waals surface area contributed by atoms with Gasteiger partial charge in [-0.2, -0.15) is 0 Å². The zero-order valence-electron chi connectivity index (χ0n) is 11.6. The summed E-state index contributed by atoms with van der Waals surface area (Å²) in [6, 6.07) is 0.312. The Morgan fingerprint density at radius 2 is 2.18 bits per heavy atom. The molecule has 1 fully saturated rings. The maximum atomic E-state index is 11.7. The van der Waals surface area contributed by atoms with Crippen molar-refractivity contribution in [2.75, 3.05) is 13.1 Å². The van der Waals surface area contributed by atoms with E-state index < -0.39 is 0 Å². The van der Waals surface area contributed by atoms with Gasteiger partial charge in [-0.05, 0) is 57.5 Å². The van der Waals surface area contributed by atoms with Crippen molar-refractivity contribution in [2.24, 2.45) is 11.8 Å². The van der Waals surface area contributed by atoms with Crippen LogP contribution in [0.5, 0.6) is 0 Å². The Morgan fingerprint density at radius 3 is 2.76 bits per heavy atom. The molecule has 17 heavy (non-hydrogen) atoms. The molecular formula is C14H28N2O. The Labute approximate surface area is 106 Å². The first-order valence-corrected chi connectivity index (χ1v) is 7.08. The molecule has 1 heterocycles. The number of piperidine rings is 1. The van der Waals surface area contributed by atoms with E-state index in [4.69, 9.17) is 0 Å². The summed E-state index contributed by atoms with van der Waals surface area (Å²) in [4.78, 5) is 11.7. The van der Waals surface area contributed by atoms with Crippen LogP contribution in [0.3, 0.4) is 0 Å². The molecule has 1 saturated heterocycles. The normalized spacial score (nSPS) is 22.5. The molecule has 2 atom stereocenters. The van der Waals surface area contributed by atoms with Crippen molar-refractivity contribution in [1.29, 1.82) is 0 Å². The summed E-state index contributed by atoms with van der Waals surface area (Å²) >= 11 is 0. The summed E-state index contributed by atoms with van der Waals surface area (Å²) in [6.45, 7) is 8.72. The zero-order chi connectivity index (χ0) is 12.7. The Balaban J connectivity index is 2.11. The van der Waals surface area contributed by atoms with Crippen molar-refractivity contribution in [2.45, 2.75) is 58.9 Å². The van der Waals surface area contributed by atoms with Gasteiger partial charge in [-0.15, -0.1) is 0 Å². The summed E-state index contributed by atoms with van der Waals surface area (Å²) in [5, 5.41) is 6.49. The van der Waals surface area contributed by atoms with Crippen LogP contribution in [-0.4, -0.2) is 25.0 Å². The van der Waals surface area contributed by atoms with Crippen LogP contribution in [0, 0.1) is 11.8 Å². The average molecular weight is 240 g/mol. The molecule has 1 aliphatic rings. The quantitative estimate of drug-likeness (QED) is 0.748. The minimum atomic E-state index is 0.226. The van der Waals surface area contributed by atoms with Crippen molar-refractivity contribution in [3.8, 4) is 0 Å². The van der Waals surface area contributed by atoms with E-state index in [0.29, 0.717) is 24.3 Å². The number of rotatable bonds is 6. The first kappa shape index (κ1) is 14.5. The van der Waals surface area contributed by atoms with Crippen LogP contribution in [0.2, 0.25) is 0 Å². The standard InChI is InChI=1S/C14H28N2O/c1-11(2)9-12(3)16-14(17)7-6-13-5-4-8-15-10-13/h11-13,15H,4-10H2,1-3H3,(H,16,17).